The molecule has 0 aromatic heterocycles. The van der Waals surface area contributed by atoms with E-state index in [1.807, 2.05) is 48.5 Å². The Morgan fingerprint density at radius 1 is 0.969 bits per heavy atom. The molecule has 0 saturated carbocycles. The van der Waals surface area contributed by atoms with E-state index in [4.69, 9.17) is 9.47 Å². The van der Waals surface area contributed by atoms with Gasteiger partial charge in [0.2, 0.25) is 0 Å². The molecule has 3 rings (SSSR count). The molecule has 0 saturated heterocycles. The summed E-state index contributed by atoms with van der Waals surface area (Å²) in [6, 6.07) is 15.2. The zero-order chi connectivity index (χ0) is 23.3. The Morgan fingerprint density at radius 2 is 1.53 bits per heavy atom. The molecule has 0 heterocycles. The van der Waals surface area contributed by atoms with Crippen molar-refractivity contribution in [3.8, 4) is 11.1 Å². The van der Waals surface area contributed by atoms with Gasteiger partial charge in [-0.1, -0.05) is 68.2 Å². The van der Waals surface area contributed by atoms with E-state index in [0.29, 0.717) is 0 Å². The lowest BCUT2D eigenvalue weighted by molar-refractivity contribution is -0.149. The number of hydrogen-bond acceptors (Lipinski definition) is 5. The third kappa shape index (κ3) is 5.97. The summed E-state index contributed by atoms with van der Waals surface area (Å²) in [7, 11) is -1.37. The highest BCUT2D eigenvalue weighted by Crippen LogP contribution is 2.44. The van der Waals surface area contributed by atoms with Gasteiger partial charge in [-0.2, -0.15) is 0 Å². The van der Waals surface area contributed by atoms with E-state index < -0.39 is 38.6 Å². The van der Waals surface area contributed by atoms with E-state index in [-0.39, 0.29) is 19.1 Å². The molecule has 0 unspecified atom stereocenters. The highest BCUT2D eigenvalue weighted by Gasteiger charge is 2.30. The summed E-state index contributed by atoms with van der Waals surface area (Å²) in [6.45, 7) is 6.78. The molecule has 2 aromatic carbocycles. The summed E-state index contributed by atoms with van der Waals surface area (Å²) < 4.78 is 10.5. The predicted molar refractivity (Wildman–Crippen MR) is 123 cm³/mol. The standard InChI is InChI=1S/C24H29NO6Si/c1-32(2,3)13-12-30-22(26)14-21(23(27)28)25-24(29)31-15-20-18-10-6-4-8-16(18)17-9-5-7-11-19(17)20/h4-11,20-21H,12-15H2,1-3H3,(H,25,29)(H,27,28)/t21-/m1/s1. The monoisotopic (exact) mass is 455 g/mol. The fraction of sp³-hybridized carbons (Fsp3) is 0.375. The van der Waals surface area contributed by atoms with Crippen LogP contribution in [0.3, 0.4) is 0 Å². The quantitative estimate of drug-likeness (QED) is 0.433. The van der Waals surface area contributed by atoms with Gasteiger partial charge in [-0.25, -0.2) is 9.59 Å². The number of fused-ring (bicyclic) bond motifs is 3. The van der Waals surface area contributed by atoms with E-state index in [1.54, 1.807) is 0 Å². The molecule has 1 amide bonds. The van der Waals surface area contributed by atoms with E-state index in [1.165, 1.54) is 0 Å². The maximum atomic E-state index is 12.3. The zero-order valence-electron chi connectivity index (χ0n) is 18.6. The number of hydrogen-bond donors (Lipinski definition) is 2. The van der Waals surface area contributed by atoms with Crippen LogP contribution in [-0.4, -0.2) is 50.5 Å². The van der Waals surface area contributed by atoms with Crippen molar-refractivity contribution in [1.82, 2.24) is 5.32 Å². The van der Waals surface area contributed by atoms with Crippen LogP contribution in [0.15, 0.2) is 48.5 Å². The molecule has 1 aliphatic rings. The molecule has 0 radical (unpaired) electrons. The van der Waals surface area contributed by atoms with Crippen LogP contribution >= 0.6 is 0 Å². The van der Waals surface area contributed by atoms with Gasteiger partial charge in [0, 0.05) is 14.0 Å². The fourth-order valence-corrected chi connectivity index (χ4v) is 4.39. The number of aliphatic carboxylic acids is 1. The maximum Gasteiger partial charge on any atom is 0.407 e. The summed E-state index contributed by atoms with van der Waals surface area (Å²) in [5.74, 6) is -2.11. The molecule has 2 aromatic rings. The van der Waals surface area contributed by atoms with Crippen molar-refractivity contribution in [2.75, 3.05) is 13.2 Å². The Balaban J connectivity index is 1.56. The number of alkyl carbamates (subject to hydrolysis) is 1. The molecule has 8 heteroatoms. The fourth-order valence-electron chi connectivity index (χ4n) is 3.68. The minimum Gasteiger partial charge on any atom is -0.480 e. The van der Waals surface area contributed by atoms with E-state index >= 15 is 0 Å². The SMILES string of the molecule is C[Si](C)(C)CCOC(=O)C[C@@H](NC(=O)OCC1c2ccccc2-c2ccccc21)C(=O)O. The number of carboxylic acids is 1. The van der Waals surface area contributed by atoms with E-state index in [9.17, 15) is 19.5 Å². The first-order valence-electron chi connectivity index (χ1n) is 10.7. The van der Waals surface area contributed by atoms with Crippen molar-refractivity contribution in [2.45, 2.75) is 44.1 Å². The van der Waals surface area contributed by atoms with Crippen LogP contribution in [0.5, 0.6) is 0 Å². The topological polar surface area (TPSA) is 102 Å². The Hall–Kier alpha value is -3.13. The van der Waals surface area contributed by atoms with Crippen LogP contribution in [0.25, 0.3) is 11.1 Å². The Labute approximate surface area is 188 Å². The van der Waals surface area contributed by atoms with Gasteiger partial charge in [-0.15, -0.1) is 0 Å². The molecule has 2 N–H and O–H groups in total. The highest BCUT2D eigenvalue weighted by molar-refractivity contribution is 6.76. The Bertz CT molecular complexity index is 954. The van der Waals surface area contributed by atoms with Gasteiger partial charge in [0.1, 0.15) is 12.6 Å². The van der Waals surface area contributed by atoms with Crippen LogP contribution in [0.1, 0.15) is 23.5 Å². The predicted octanol–water partition coefficient (Wildman–Crippen LogP) is 4.25. The van der Waals surface area contributed by atoms with Crippen molar-refractivity contribution in [3.05, 3.63) is 59.7 Å². The molecule has 32 heavy (non-hydrogen) atoms. The number of esters is 1. The third-order valence-corrected chi connectivity index (χ3v) is 7.12. The largest absolute Gasteiger partial charge is 0.480 e. The molecule has 0 spiro atoms. The third-order valence-electron chi connectivity index (χ3n) is 5.42. The molecular weight excluding hydrogens is 426 g/mol. The van der Waals surface area contributed by atoms with Gasteiger partial charge in [0.25, 0.3) is 0 Å². The number of rotatable bonds is 9. The van der Waals surface area contributed by atoms with Crippen molar-refractivity contribution < 1.29 is 29.0 Å². The van der Waals surface area contributed by atoms with Crippen molar-refractivity contribution >= 4 is 26.1 Å². The van der Waals surface area contributed by atoms with E-state index in [2.05, 4.69) is 25.0 Å². The second-order valence-corrected chi connectivity index (χ2v) is 14.7. The van der Waals surface area contributed by atoms with Crippen molar-refractivity contribution in [1.29, 1.82) is 0 Å². The Kier molecular flexibility index (Phi) is 7.35. The lowest BCUT2D eigenvalue weighted by atomic mass is 9.98. The first-order chi connectivity index (χ1) is 15.2. The molecule has 0 fully saturated rings. The van der Waals surface area contributed by atoms with Gasteiger partial charge < -0.3 is 19.9 Å². The average molecular weight is 456 g/mol. The van der Waals surface area contributed by atoms with Gasteiger partial charge in [-0.05, 0) is 28.3 Å². The van der Waals surface area contributed by atoms with Crippen LogP contribution in [-0.2, 0) is 19.1 Å². The first kappa shape index (κ1) is 23.5. The summed E-state index contributed by atoms with van der Waals surface area (Å²) in [4.78, 5) is 35.8. The van der Waals surface area contributed by atoms with Crippen LogP contribution < -0.4 is 5.32 Å². The first-order valence-corrected chi connectivity index (χ1v) is 14.4. The van der Waals surface area contributed by atoms with E-state index in [0.717, 1.165) is 28.3 Å². The summed E-state index contributed by atoms with van der Waals surface area (Å²) in [5.41, 5.74) is 4.31. The number of amides is 1. The highest BCUT2D eigenvalue weighted by atomic mass is 28.3. The number of ether oxygens (including phenoxy) is 2. The van der Waals surface area contributed by atoms with Crippen LogP contribution in [0, 0.1) is 0 Å². The van der Waals surface area contributed by atoms with Gasteiger partial charge >= 0.3 is 18.0 Å². The zero-order valence-corrected chi connectivity index (χ0v) is 19.6. The van der Waals surface area contributed by atoms with Crippen LogP contribution in [0.4, 0.5) is 4.79 Å². The van der Waals surface area contributed by atoms with Crippen LogP contribution in [0.2, 0.25) is 25.7 Å². The second-order valence-electron chi connectivity index (χ2n) is 9.10. The molecule has 7 nitrogen and oxygen atoms in total. The minimum absolute atomic E-state index is 0.0624. The number of benzene rings is 2. The summed E-state index contributed by atoms with van der Waals surface area (Å²) in [5, 5.41) is 11.7. The molecule has 0 bridgehead atoms. The van der Waals surface area contributed by atoms with Gasteiger partial charge in [0.05, 0.1) is 13.0 Å². The van der Waals surface area contributed by atoms with Gasteiger partial charge in [0.15, 0.2) is 0 Å². The van der Waals surface area contributed by atoms with Gasteiger partial charge in [-0.3, -0.25) is 4.79 Å². The van der Waals surface area contributed by atoms with Crippen molar-refractivity contribution in [3.63, 3.8) is 0 Å². The molecule has 170 valence electrons. The number of carbonyl (C=O) groups excluding carboxylic acids is 2. The molecular formula is C24H29NO6Si. The molecule has 1 atom stereocenters. The number of carboxylic acid groups (broad SMARTS) is 1. The average Bonchev–Trinajstić information content (AvgIpc) is 3.04. The number of carbonyl (C=O) groups is 3. The molecule has 0 aliphatic heterocycles. The lowest BCUT2D eigenvalue weighted by Gasteiger charge is -2.18. The summed E-state index contributed by atoms with van der Waals surface area (Å²) >= 11 is 0. The second kappa shape index (κ2) is 9.99. The Morgan fingerprint density at radius 3 is 2.06 bits per heavy atom. The maximum absolute atomic E-state index is 12.3. The minimum atomic E-state index is -1.41. The lowest BCUT2D eigenvalue weighted by Crippen LogP contribution is -2.43. The smallest absolute Gasteiger partial charge is 0.407 e. The number of nitrogens with one attached hydrogen (secondary N) is 1. The molecule has 1 aliphatic carbocycles. The summed E-state index contributed by atoms with van der Waals surface area (Å²) in [6.07, 6.45) is -1.33. The normalized spacial score (nSPS) is 13.6. The van der Waals surface area contributed by atoms with Crippen molar-refractivity contribution in [2.24, 2.45) is 0 Å².